The topological polar surface area (TPSA) is 50.1 Å². The van der Waals surface area contributed by atoms with E-state index in [9.17, 15) is 5.11 Å². The molecule has 1 aliphatic rings. The Morgan fingerprint density at radius 1 is 1.19 bits per heavy atom. The van der Waals surface area contributed by atoms with Crippen molar-refractivity contribution in [2.24, 2.45) is 0 Å². The van der Waals surface area contributed by atoms with Crippen LogP contribution in [0.25, 0.3) is 0 Å². The van der Waals surface area contributed by atoms with Gasteiger partial charge in [-0.05, 0) is 33.1 Å². The molecule has 4 heteroatoms. The molecule has 2 rings (SSSR count). The van der Waals surface area contributed by atoms with Crippen molar-refractivity contribution in [3.63, 3.8) is 0 Å². The zero-order valence-corrected chi connectivity index (χ0v) is 13.9. The third-order valence-corrected chi connectivity index (χ3v) is 4.76. The lowest BCUT2D eigenvalue weighted by molar-refractivity contribution is 0.0250. The number of nitrogens with zero attached hydrogens (tertiary/aromatic N) is 2. The van der Waals surface area contributed by atoms with E-state index >= 15 is 0 Å². The van der Waals surface area contributed by atoms with Gasteiger partial charge in [-0.1, -0.05) is 32.6 Å². The molecule has 1 aliphatic carbocycles. The van der Waals surface area contributed by atoms with Gasteiger partial charge in [0.2, 0.25) is 0 Å². The summed E-state index contributed by atoms with van der Waals surface area (Å²) in [6.45, 7) is 8.89. The number of aromatic nitrogens is 2. The van der Waals surface area contributed by atoms with Crippen LogP contribution in [0.2, 0.25) is 0 Å². The smallest absolute Gasteiger partial charge is 0.0771 e. The fraction of sp³-hybridized carbons (Fsp3) is 0.824. The summed E-state index contributed by atoms with van der Waals surface area (Å²) >= 11 is 0. The first-order valence-corrected chi connectivity index (χ1v) is 8.52. The van der Waals surface area contributed by atoms with Gasteiger partial charge in [-0.2, -0.15) is 5.10 Å². The molecule has 1 aromatic rings. The van der Waals surface area contributed by atoms with Crippen molar-refractivity contribution in [3.05, 3.63) is 17.0 Å². The molecule has 0 saturated heterocycles. The summed E-state index contributed by atoms with van der Waals surface area (Å²) < 4.78 is 2.10. The molecule has 1 fully saturated rings. The second kappa shape index (κ2) is 7.41. The molecule has 0 amide bonds. The molecule has 120 valence electrons. The fourth-order valence-corrected chi connectivity index (χ4v) is 3.40. The first kappa shape index (κ1) is 16.5. The minimum Gasteiger partial charge on any atom is -0.389 e. The van der Waals surface area contributed by atoms with Crippen molar-refractivity contribution in [1.29, 1.82) is 0 Å². The summed E-state index contributed by atoms with van der Waals surface area (Å²) in [6, 6.07) is 0. The molecule has 2 N–H and O–H groups in total. The van der Waals surface area contributed by atoms with Gasteiger partial charge in [0.05, 0.1) is 11.3 Å². The van der Waals surface area contributed by atoms with Crippen LogP contribution in [0.4, 0.5) is 0 Å². The summed E-state index contributed by atoms with van der Waals surface area (Å²) in [5.41, 5.74) is 3.16. The lowest BCUT2D eigenvalue weighted by Gasteiger charge is -2.27. The zero-order chi connectivity index (χ0) is 15.3. The van der Waals surface area contributed by atoms with E-state index in [1.165, 1.54) is 24.1 Å². The van der Waals surface area contributed by atoms with Crippen molar-refractivity contribution in [1.82, 2.24) is 15.1 Å². The standard InChI is InChI=1S/C17H31N3O/c1-4-11-20-15(3)16(14(2)19-20)12-18-13-17(21)9-7-5-6-8-10-17/h18,21H,4-13H2,1-3H3. The number of aliphatic hydroxyl groups is 1. The Balaban J connectivity index is 1.91. The van der Waals surface area contributed by atoms with Gasteiger partial charge in [0.15, 0.2) is 0 Å². The van der Waals surface area contributed by atoms with Gasteiger partial charge in [0.25, 0.3) is 0 Å². The van der Waals surface area contributed by atoms with E-state index in [-0.39, 0.29) is 0 Å². The highest BCUT2D eigenvalue weighted by Gasteiger charge is 2.27. The van der Waals surface area contributed by atoms with Crippen molar-refractivity contribution < 1.29 is 5.11 Å². The maximum Gasteiger partial charge on any atom is 0.0771 e. The maximum atomic E-state index is 10.7. The summed E-state index contributed by atoms with van der Waals surface area (Å²) in [5, 5.41) is 18.8. The first-order valence-electron chi connectivity index (χ1n) is 8.52. The number of nitrogens with one attached hydrogen (secondary N) is 1. The van der Waals surface area contributed by atoms with Crippen molar-refractivity contribution >= 4 is 0 Å². The molecule has 1 aromatic heterocycles. The Labute approximate surface area is 128 Å². The molecule has 1 saturated carbocycles. The summed E-state index contributed by atoms with van der Waals surface area (Å²) in [4.78, 5) is 0. The fourth-order valence-electron chi connectivity index (χ4n) is 3.40. The third kappa shape index (κ3) is 4.30. The lowest BCUT2D eigenvalue weighted by Crippen LogP contribution is -2.40. The average molecular weight is 293 g/mol. The third-order valence-electron chi connectivity index (χ3n) is 4.76. The number of hydrogen-bond acceptors (Lipinski definition) is 3. The SMILES string of the molecule is CCCn1nc(C)c(CNCC2(O)CCCCCC2)c1C. The molecule has 0 spiro atoms. The molecule has 4 nitrogen and oxygen atoms in total. The van der Waals surface area contributed by atoms with Crippen molar-refractivity contribution in [3.8, 4) is 0 Å². The molecule has 1 heterocycles. The zero-order valence-electron chi connectivity index (χ0n) is 13.9. The normalized spacial score (nSPS) is 18.7. The molecular formula is C17H31N3O. The number of aryl methyl sites for hydroxylation is 2. The Kier molecular flexibility index (Phi) is 5.82. The van der Waals surface area contributed by atoms with E-state index in [1.54, 1.807) is 0 Å². The Hall–Kier alpha value is -0.870. The van der Waals surface area contributed by atoms with Crippen LogP contribution in [0.1, 0.15) is 68.8 Å². The van der Waals surface area contributed by atoms with Crippen molar-refractivity contribution in [2.75, 3.05) is 6.54 Å². The van der Waals surface area contributed by atoms with Gasteiger partial charge in [-0.15, -0.1) is 0 Å². The second-order valence-electron chi connectivity index (χ2n) is 6.61. The van der Waals surface area contributed by atoms with E-state index < -0.39 is 5.60 Å². The molecule has 21 heavy (non-hydrogen) atoms. The molecule has 0 radical (unpaired) electrons. The van der Waals surface area contributed by atoms with E-state index in [4.69, 9.17) is 0 Å². The molecule has 0 bridgehead atoms. The lowest BCUT2D eigenvalue weighted by atomic mass is 9.94. The van der Waals surface area contributed by atoms with Crippen LogP contribution in [0, 0.1) is 13.8 Å². The average Bonchev–Trinajstić information content (AvgIpc) is 2.63. The summed E-state index contributed by atoms with van der Waals surface area (Å²) in [7, 11) is 0. The second-order valence-corrected chi connectivity index (χ2v) is 6.61. The van der Waals surface area contributed by atoms with Gasteiger partial charge < -0.3 is 10.4 Å². The van der Waals surface area contributed by atoms with Crippen LogP contribution in [-0.4, -0.2) is 27.0 Å². The summed E-state index contributed by atoms with van der Waals surface area (Å²) in [5.74, 6) is 0. The van der Waals surface area contributed by atoms with Crippen LogP contribution < -0.4 is 5.32 Å². The van der Waals surface area contributed by atoms with E-state index in [1.807, 2.05) is 0 Å². The Morgan fingerprint density at radius 3 is 2.48 bits per heavy atom. The van der Waals surface area contributed by atoms with Gasteiger partial charge in [-0.25, -0.2) is 0 Å². The number of hydrogen-bond donors (Lipinski definition) is 2. The van der Waals surface area contributed by atoms with Gasteiger partial charge in [0, 0.05) is 30.9 Å². The highest BCUT2D eigenvalue weighted by Crippen LogP contribution is 2.26. The van der Waals surface area contributed by atoms with E-state index in [0.717, 1.165) is 50.9 Å². The summed E-state index contributed by atoms with van der Waals surface area (Å²) in [6.07, 6.45) is 7.83. The van der Waals surface area contributed by atoms with Gasteiger partial charge in [0.1, 0.15) is 0 Å². The monoisotopic (exact) mass is 293 g/mol. The van der Waals surface area contributed by atoms with Gasteiger partial charge >= 0.3 is 0 Å². The molecule has 0 atom stereocenters. The van der Waals surface area contributed by atoms with Crippen LogP contribution in [0.15, 0.2) is 0 Å². The van der Waals surface area contributed by atoms with Crippen LogP contribution >= 0.6 is 0 Å². The van der Waals surface area contributed by atoms with E-state index in [2.05, 4.69) is 35.9 Å². The highest BCUT2D eigenvalue weighted by molar-refractivity contribution is 5.24. The molecular weight excluding hydrogens is 262 g/mol. The minimum atomic E-state index is -0.502. The maximum absolute atomic E-state index is 10.7. The Morgan fingerprint density at radius 2 is 1.86 bits per heavy atom. The highest BCUT2D eigenvalue weighted by atomic mass is 16.3. The first-order chi connectivity index (χ1) is 10.1. The van der Waals surface area contributed by atoms with Crippen LogP contribution in [-0.2, 0) is 13.1 Å². The van der Waals surface area contributed by atoms with Gasteiger partial charge in [-0.3, -0.25) is 4.68 Å². The predicted octanol–water partition coefficient (Wildman–Crippen LogP) is 3.08. The van der Waals surface area contributed by atoms with E-state index in [0.29, 0.717) is 6.54 Å². The quantitative estimate of drug-likeness (QED) is 0.793. The van der Waals surface area contributed by atoms with Crippen molar-refractivity contribution in [2.45, 2.75) is 84.4 Å². The Bertz CT molecular complexity index is 445. The predicted molar refractivity (Wildman–Crippen MR) is 86.4 cm³/mol. The molecule has 0 aliphatic heterocycles. The molecule has 0 unspecified atom stereocenters. The minimum absolute atomic E-state index is 0.502. The number of rotatable bonds is 6. The van der Waals surface area contributed by atoms with Crippen LogP contribution in [0.5, 0.6) is 0 Å². The largest absolute Gasteiger partial charge is 0.389 e. The molecule has 0 aromatic carbocycles. The van der Waals surface area contributed by atoms with Crippen LogP contribution in [0.3, 0.4) is 0 Å².